The number of ketones is 1. The Morgan fingerprint density at radius 3 is 2.61 bits per heavy atom. The molecule has 0 spiro atoms. The molecule has 0 aliphatic carbocycles. The minimum absolute atomic E-state index is 0.263. The molecule has 0 radical (unpaired) electrons. The highest BCUT2D eigenvalue weighted by Gasteiger charge is 2.20. The third kappa shape index (κ3) is 2.39. The minimum atomic E-state index is -0.263. The highest BCUT2D eigenvalue weighted by Crippen LogP contribution is 2.26. The summed E-state index contributed by atoms with van der Waals surface area (Å²) in [6.45, 7) is 2.43. The number of halogens is 3. The van der Waals surface area contributed by atoms with E-state index in [2.05, 4.69) is 5.10 Å². The summed E-state index contributed by atoms with van der Waals surface area (Å²) in [5.74, 6) is -0.263. The lowest BCUT2D eigenvalue weighted by atomic mass is 10.1. The van der Waals surface area contributed by atoms with Crippen molar-refractivity contribution in [3.05, 3.63) is 50.7 Å². The van der Waals surface area contributed by atoms with Crippen LogP contribution in [0.1, 0.15) is 23.0 Å². The smallest absolute Gasteiger partial charge is 0.214 e. The Bertz CT molecular complexity index is 607. The SMILES string of the molecule is CCn1ncc(Cl)c1C(=O)c1ccc(Cl)cc1Cl. The summed E-state index contributed by atoms with van der Waals surface area (Å²) >= 11 is 17.8. The molecule has 18 heavy (non-hydrogen) atoms. The van der Waals surface area contributed by atoms with Crippen LogP contribution in [-0.2, 0) is 6.54 Å². The van der Waals surface area contributed by atoms with Crippen LogP contribution in [0.2, 0.25) is 15.1 Å². The average molecular weight is 304 g/mol. The fourth-order valence-electron chi connectivity index (χ4n) is 1.63. The summed E-state index contributed by atoms with van der Waals surface area (Å²) in [5.41, 5.74) is 0.696. The van der Waals surface area contributed by atoms with Crippen molar-refractivity contribution in [2.75, 3.05) is 0 Å². The third-order valence-corrected chi connectivity index (χ3v) is 3.31. The first-order valence-corrected chi connectivity index (χ1v) is 6.39. The van der Waals surface area contributed by atoms with Gasteiger partial charge < -0.3 is 0 Å². The maximum absolute atomic E-state index is 12.4. The van der Waals surface area contributed by atoms with Crippen LogP contribution in [-0.4, -0.2) is 15.6 Å². The van der Waals surface area contributed by atoms with Gasteiger partial charge in [0, 0.05) is 17.1 Å². The number of carbonyl (C=O) groups excluding carboxylic acids is 1. The van der Waals surface area contributed by atoms with E-state index in [4.69, 9.17) is 34.8 Å². The van der Waals surface area contributed by atoms with E-state index in [1.165, 1.54) is 16.9 Å². The average Bonchev–Trinajstić information content (AvgIpc) is 2.69. The first kappa shape index (κ1) is 13.4. The van der Waals surface area contributed by atoms with Crippen molar-refractivity contribution < 1.29 is 4.79 Å². The molecule has 0 unspecified atom stereocenters. The molecule has 1 aromatic heterocycles. The van der Waals surface area contributed by atoms with Crippen molar-refractivity contribution in [2.45, 2.75) is 13.5 Å². The van der Waals surface area contributed by atoms with E-state index >= 15 is 0 Å². The molecule has 0 saturated carbocycles. The predicted octanol–water partition coefficient (Wildman–Crippen LogP) is 4.09. The number of nitrogens with zero attached hydrogens (tertiary/aromatic N) is 2. The second-order valence-corrected chi connectivity index (χ2v) is 4.86. The molecular formula is C12H9Cl3N2O. The van der Waals surface area contributed by atoms with Crippen LogP contribution in [0.3, 0.4) is 0 Å². The van der Waals surface area contributed by atoms with Gasteiger partial charge in [0.2, 0.25) is 5.78 Å². The van der Waals surface area contributed by atoms with Gasteiger partial charge >= 0.3 is 0 Å². The largest absolute Gasteiger partial charge is 0.287 e. The standard InChI is InChI=1S/C12H9Cl3N2O/c1-2-17-11(10(15)6-16-17)12(18)8-4-3-7(13)5-9(8)14/h3-6H,2H2,1H3. The van der Waals surface area contributed by atoms with Gasteiger partial charge in [-0.15, -0.1) is 0 Å². The Kier molecular flexibility index (Phi) is 3.95. The molecular weight excluding hydrogens is 295 g/mol. The molecule has 2 rings (SSSR count). The number of carbonyl (C=O) groups is 1. The normalized spacial score (nSPS) is 10.7. The molecule has 0 saturated heterocycles. The fraction of sp³-hybridized carbons (Fsp3) is 0.167. The topological polar surface area (TPSA) is 34.9 Å². The summed E-state index contributed by atoms with van der Waals surface area (Å²) in [7, 11) is 0. The summed E-state index contributed by atoms with van der Waals surface area (Å²) < 4.78 is 1.54. The Hall–Kier alpha value is -1.03. The van der Waals surface area contributed by atoms with Gasteiger partial charge in [-0.25, -0.2) is 0 Å². The molecule has 0 aliphatic heterocycles. The molecule has 0 bridgehead atoms. The maximum atomic E-state index is 12.4. The van der Waals surface area contributed by atoms with Gasteiger partial charge in [-0.05, 0) is 25.1 Å². The van der Waals surface area contributed by atoms with Crippen LogP contribution in [0, 0.1) is 0 Å². The Labute approximate surface area is 119 Å². The Morgan fingerprint density at radius 1 is 1.28 bits per heavy atom. The number of aromatic nitrogens is 2. The van der Waals surface area contributed by atoms with Crippen molar-refractivity contribution >= 4 is 40.6 Å². The summed E-state index contributed by atoms with van der Waals surface area (Å²) in [4.78, 5) is 12.4. The molecule has 1 aromatic carbocycles. The van der Waals surface area contributed by atoms with Crippen molar-refractivity contribution in [2.24, 2.45) is 0 Å². The van der Waals surface area contributed by atoms with Gasteiger partial charge in [0.25, 0.3) is 0 Å². The van der Waals surface area contributed by atoms with E-state index < -0.39 is 0 Å². The first-order valence-electron chi connectivity index (χ1n) is 5.25. The fourth-order valence-corrected chi connectivity index (χ4v) is 2.35. The second-order valence-electron chi connectivity index (χ2n) is 3.61. The van der Waals surface area contributed by atoms with E-state index in [1.54, 1.807) is 12.1 Å². The zero-order chi connectivity index (χ0) is 13.3. The number of hydrogen-bond acceptors (Lipinski definition) is 2. The molecule has 0 amide bonds. The van der Waals surface area contributed by atoms with E-state index in [9.17, 15) is 4.79 Å². The zero-order valence-corrected chi connectivity index (χ0v) is 11.7. The molecule has 3 nitrogen and oxygen atoms in total. The highest BCUT2D eigenvalue weighted by atomic mass is 35.5. The lowest BCUT2D eigenvalue weighted by molar-refractivity contribution is 0.102. The van der Waals surface area contributed by atoms with Gasteiger partial charge in [0.05, 0.1) is 16.2 Å². The summed E-state index contributed by atoms with van der Waals surface area (Å²) in [6.07, 6.45) is 1.45. The summed E-state index contributed by atoms with van der Waals surface area (Å²) in [5, 5.41) is 5.11. The first-order chi connectivity index (χ1) is 8.54. The molecule has 0 aliphatic rings. The van der Waals surface area contributed by atoms with Crippen LogP contribution in [0.25, 0.3) is 0 Å². The van der Waals surface area contributed by atoms with E-state index in [-0.39, 0.29) is 5.78 Å². The van der Waals surface area contributed by atoms with Crippen molar-refractivity contribution in [3.63, 3.8) is 0 Å². The van der Waals surface area contributed by atoms with Crippen LogP contribution >= 0.6 is 34.8 Å². The quantitative estimate of drug-likeness (QED) is 0.800. The molecule has 2 aromatic rings. The molecule has 0 fully saturated rings. The number of hydrogen-bond donors (Lipinski definition) is 0. The van der Waals surface area contributed by atoms with Crippen LogP contribution in [0.15, 0.2) is 24.4 Å². The van der Waals surface area contributed by atoms with E-state index in [0.29, 0.717) is 32.9 Å². The third-order valence-electron chi connectivity index (χ3n) is 2.49. The van der Waals surface area contributed by atoms with Gasteiger partial charge in [-0.3, -0.25) is 9.48 Å². The van der Waals surface area contributed by atoms with Crippen molar-refractivity contribution in [1.82, 2.24) is 9.78 Å². The van der Waals surface area contributed by atoms with Gasteiger partial charge in [-0.2, -0.15) is 5.10 Å². The maximum Gasteiger partial charge on any atom is 0.214 e. The molecule has 0 N–H and O–H groups in total. The summed E-state index contributed by atoms with van der Waals surface area (Å²) in [6, 6.07) is 4.72. The Balaban J connectivity index is 2.51. The molecule has 1 heterocycles. The Morgan fingerprint density at radius 2 is 2.00 bits per heavy atom. The molecule has 0 atom stereocenters. The van der Waals surface area contributed by atoms with Crippen molar-refractivity contribution in [3.8, 4) is 0 Å². The van der Waals surface area contributed by atoms with Gasteiger partial charge in [-0.1, -0.05) is 34.8 Å². The molecule has 94 valence electrons. The lowest BCUT2D eigenvalue weighted by Gasteiger charge is -2.06. The predicted molar refractivity (Wildman–Crippen MR) is 72.8 cm³/mol. The van der Waals surface area contributed by atoms with Crippen LogP contribution in [0.5, 0.6) is 0 Å². The zero-order valence-electron chi connectivity index (χ0n) is 9.45. The van der Waals surface area contributed by atoms with Crippen LogP contribution < -0.4 is 0 Å². The number of benzene rings is 1. The van der Waals surface area contributed by atoms with E-state index in [0.717, 1.165) is 0 Å². The van der Waals surface area contributed by atoms with E-state index in [1.807, 2.05) is 6.92 Å². The van der Waals surface area contributed by atoms with Crippen LogP contribution in [0.4, 0.5) is 0 Å². The highest BCUT2D eigenvalue weighted by molar-refractivity contribution is 6.39. The lowest BCUT2D eigenvalue weighted by Crippen LogP contribution is -2.11. The minimum Gasteiger partial charge on any atom is -0.287 e. The molecule has 6 heteroatoms. The monoisotopic (exact) mass is 302 g/mol. The van der Waals surface area contributed by atoms with Crippen molar-refractivity contribution in [1.29, 1.82) is 0 Å². The second kappa shape index (κ2) is 5.31. The van der Waals surface area contributed by atoms with Gasteiger partial charge in [0.1, 0.15) is 5.69 Å². The number of rotatable bonds is 3. The number of aryl methyl sites for hydroxylation is 1. The van der Waals surface area contributed by atoms with Gasteiger partial charge in [0.15, 0.2) is 0 Å².